The monoisotopic (exact) mass is 650 g/mol. The van der Waals surface area contributed by atoms with E-state index in [9.17, 15) is 0 Å². The summed E-state index contributed by atoms with van der Waals surface area (Å²) in [5.74, 6) is 0. The predicted molar refractivity (Wildman–Crippen MR) is 201 cm³/mol. The molecular weight excluding hydrogens is 625 g/mol. The molecule has 0 saturated carbocycles. The highest BCUT2D eigenvalue weighted by Gasteiger charge is 2.19. The summed E-state index contributed by atoms with van der Waals surface area (Å²) in [6, 6.07) is 43.4. The number of aromatic nitrogens is 4. The first kappa shape index (κ1) is 28.4. The standard InChI is InChI=1S/C42H26N4S2/c1-2-7-27(8-3-1)28-9-6-10-29(23-28)30-13-16-35-36(24-30)40(32-15-18-38(46-26-32)42-44-20-22-48-42)34-12-5-4-11-33(34)39(35)31-14-17-37(45-25-31)41-43-19-21-47-41/h1-26H. The molecular formula is C42H26N4S2. The maximum Gasteiger partial charge on any atom is 0.141 e. The van der Waals surface area contributed by atoms with Crippen molar-refractivity contribution in [3.05, 3.63) is 157 Å². The lowest BCUT2D eigenvalue weighted by Gasteiger charge is -2.19. The molecule has 0 radical (unpaired) electrons. The van der Waals surface area contributed by atoms with E-state index in [0.717, 1.165) is 43.7 Å². The molecule has 4 aromatic heterocycles. The van der Waals surface area contributed by atoms with Crippen molar-refractivity contribution in [1.29, 1.82) is 0 Å². The van der Waals surface area contributed by atoms with Crippen molar-refractivity contribution in [3.63, 3.8) is 0 Å². The normalized spacial score (nSPS) is 11.3. The summed E-state index contributed by atoms with van der Waals surface area (Å²) in [6.07, 6.45) is 7.62. The number of fused-ring (bicyclic) bond motifs is 2. The minimum absolute atomic E-state index is 0.879. The third-order valence-electron chi connectivity index (χ3n) is 8.73. The molecule has 0 aliphatic carbocycles. The van der Waals surface area contributed by atoms with Crippen molar-refractivity contribution in [2.24, 2.45) is 0 Å². The highest BCUT2D eigenvalue weighted by molar-refractivity contribution is 7.13. The van der Waals surface area contributed by atoms with Gasteiger partial charge in [0, 0.05) is 46.7 Å². The van der Waals surface area contributed by atoms with Crippen LogP contribution in [0.15, 0.2) is 157 Å². The zero-order valence-corrected chi connectivity index (χ0v) is 27.2. The Bertz CT molecular complexity index is 2520. The van der Waals surface area contributed by atoms with Crippen molar-refractivity contribution in [2.45, 2.75) is 0 Å². The molecule has 0 saturated heterocycles. The number of benzene rings is 5. The van der Waals surface area contributed by atoms with E-state index in [1.54, 1.807) is 22.7 Å². The summed E-state index contributed by atoms with van der Waals surface area (Å²) in [6.45, 7) is 0. The molecule has 0 fully saturated rings. The second kappa shape index (κ2) is 12.1. The van der Waals surface area contributed by atoms with Crippen LogP contribution < -0.4 is 0 Å². The Morgan fingerprint density at radius 1 is 0.354 bits per heavy atom. The molecule has 0 aliphatic heterocycles. The molecule has 0 bridgehead atoms. The Hall–Kier alpha value is -5.82. The maximum atomic E-state index is 4.88. The molecule has 0 spiro atoms. The van der Waals surface area contributed by atoms with Gasteiger partial charge >= 0.3 is 0 Å². The van der Waals surface area contributed by atoms with E-state index in [2.05, 4.69) is 131 Å². The number of nitrogens with zero attached hydrogens (tertiary/aromatic N) is 4. The average Bonchev–Trinajstić information content (AvgIpc) is 3.91. The zero-order chi connectivity index (χ0) is 31.9. The van der Waals surface area contributed by atoms with Crippen LogP contribution in [0.5, 0.6) is 0 Å². The SMILES string of the molecule is c1ccc(-c2cccc(-c3ccc4c(-c5ccc(-c6nccs6)nc5)c5ccccc5c(-c5ccc(-c6nccs6)nc5)c4c3)c2)cc1. The van der Waals surface area contributed by atoms with Crippen LogP contribution >= 0.6 is 22.7 Å². The third kappa shape index (κ3) is 5.08. The van der Waals surface area contributed by atoms with E-state index < -0.39 is 0 Å². The van der Waals surface area contributed by atoms with Gasteiger partial charge in [0.25, 0.3) is 0 Å². The van der Waals surface area contributed by atoms with Gasteiger partial charge in [-0.3, -0.25) is 9.97 Å². The smallest absolute Gasteiger partial charge is 0.141 e. The second-order valence-electron chi connectivity index (χ2n) is 11.5. The molecule has 0 amide bonds. The number of pyridine rings is 2. The van der Waals surface area contributed by atoms with Gasteiger partial charge in [0.15, 0.2) is 0 Å². The maximum absolute atomic E-state index is 4.88. The molecule has 0 aliphatic rings. The minimum atomic E-state index is 0.879. The van der Waals surface area contributed by atoms with E-state index in [1.165, 1.54) is 43.8 Å². The molecule has 9 aromatic rings. The minimum Gasteiger partial charge on any atom is -0.253 e. The van der Waals surface area contributed by atoms with Gasteiger partial charge in [-0.05, 0) is 79.2 Å². The topological polar surface area (TPSA) is 51.6 Å². The zero-order valence-electron chi connectivity index (χ0n) is 25.6. The molecule has 0 atom stereocenters. The van der Waals surface area contributed by atoms with E-state index in [1.807, 2.05) is 35.5 Å². The van der Waals surface area contributed by atoms with E-state index in [4.69, 9.17) is 9.97 Å². The van der Waals surface area contributed by atoms with Crippen molar-refractivity contribution in [3.8, 4) is 65.9 Å². The molecule has 5 aromatic carbocycles. The van der Waals surface area contributed by atoms with Crippen LogP contribution in [0.4, 0.5) is 0 Å². The number of thiazole rings is 2. The Labute approximate surface area is 285 Å². The highest BCUT2D eigenvalue weighted by Crippen LogP contribution is 2.45. The Morgan fingerprint density at radius 3 is 1.42 bits per heavy atom. The molecule has 9 rings (SSSR count). The van der Waals surface area contributed by atoms with Crippen LogP contribution in [-0.2, 0) is 0 Å². The molecule has 48 heavy (non-hydrogen) atoms. The van der Waals surface area contributed by atoms with Gasteiger partial charge in [0.1, 0.15) is 10.0 Å². The molecule has 0 N–H and O–H groups in total. The summed E-state index contributed by atoms with van der Waals surface area (Å²) < 4.78 is 0. The molecule has 0 unspecified atom stereocenters. The van der Waals surface area contributed by atoms with Crippen molar-refractivity contribution in [2.75, 3.05) is 0 Å². The van der Waals surface area contributed by atoms with Crippen LogP contribution in [0.3, 0.4) is 0 Å². The summed E-state index contributed by atoms with van der Waals surface area (Å²) in [5, 5.41) is 10.5. The number of hydrogen-bond acceptors (Lipinski definition) is 6. The van der Waals surface area contributed by atoms with Gasteiger partial charge in [-0.2, -0.15) is 0 Å². The van der Waals surface area contributed by atoms with Crippen molar-refractivity contribution in [1.82, 2.24) is 19.9 Å². The van der Waals surface area contributed by atoms with Gasteiger partial charge < -0.3 is 0 Å². The van der Waals surface area contributed by atoms with Gasteiger partial charge in [-0.15, -0.1) is 22.7 Å². The average molecular weight is 651 g/mol. The fourth-order valence-electron chi connectivity index (χ4n) is 6.53. The molecule has 226 valence electrons. The van der Waals surface area contributed by atoms with Crippen molar-refractivity contribution < 1.29 is 0 Å². The Morgan fingerprint density at radius 2 is 0.854 bits per heavy atom. The number of hydrogen-bond donors (Lipinski definition) is 0. The Balaban J connectivity index is 1.28. The summed E-state index contributed by atoms with van der Waals surface area (Å²) in [5.41, 5.74) is 11.0. The third-order valence-corrected chi connectivity index (χ3v) is 10.3. The molecule has 4 nitrogen and oxygen atoms in total. The van der Waals surface area contributed by atoms with Crippen LogP contribution in [0.2, 0.25) is 0 Å². The van der Waals surface area contributed by atoms with E-state index >= 15 is 0 Å². The van der Waals surface area contributed by atoms with Crippen molar-refractivity contribution >= 4 is 44.2 Å². The Kier molecular flexibility index (Phi) is 7.15. The van der Waals surface area contributed by atoms with E-state index in [0.29, 0.717) is 0 Å². The van der Waals surface area contributed by atoms with Gasteiger partial charge in [-0.1, -0.05) is 97.1 Å². The largest absolute Gasteiger partial charge is 0.253 e. The first-order chi connectivity index (χ1) is 23.8. The highest BCUT2D eigenvalue weighted by atomic mass is 32.1. The van der Waals surface area contributed by atoms with Crippen LogP contribution in [0.25, 0.3) is 87.5 Å². The second-order valence-corrected chi connectivity index (χ2v) is 13.3. The van der Waals surface area contributed by atoms with Crippen LogP contribution in [-0.4, -0.2) is 19.9 Å². The quantitative estimate of drug-likeness (QED) is 0.168. The van der Waals surface area contributed by atoms with Gasteiger partial charge in [-0.25, -0.2) is 9.97 Å². The van der Waals surface area contributed by atoms with Crippen LogP contribution in [0, 0.1) is 0 Å². The van der Waals surface area contributed by atoms with Crippen LogP contribution in [0.1, 0.15) is 0 Å². The van der Waals surface area contributed by atoms with E-state index in [-0.39, 0.29) is 0 Å². The fraction of sp³-hybridized carbons (Fsp3) is 0. The van der Waals surface area contributed by atoms with Gasteiger partial charge in [0.05, 0.1) is 11.4 Å². The first-order valence-corrected chi connectivity index (χ1v) is 17.4. The summed E-state index contributed by atoms with van der Waals surface area (Å²) in [7, 11) is 0. The lowest BCUT2D eigenvalue weighted by Crippen LogP contribution is -1.93. The first-order valence-electron chi connectivity index (χ1n) is 15.7. The molecule has 4 heterocycles. The summed E-state index contributed by atoms with van der Waals surface area (Å²) in [4.78, 5) is 18.7. The fourth-order valence-corrected chi connectivity index (χ4v) is 7.75. The summed E-state index contributed by atoms with van der Waals surface area (Å²) >= 11 is 3.20. The van der Waals surface area contributed by atoms with Gasteiger partial charge in [0.2, 0.25) is 0 Å². The lowest BCUT2D eigenvalue weighted by molar-refractivity contribution is 1.29. The predicted octanol–water partition coefficient (Wildman–Crippen LogP) is 11.7. The molecule has 6 heteroatoms. The number of rotatable bonds is 6. The lowest BCUT2D eigenvalue weighted by atomic mass is 9.85.